The lowest BCUT2D eigenvalue weighted by molar-refractivity contribution is -0.130. The Morgan fingerprint density at radius 3 is 1.24 bits per heavy atom. The smallest absolute Gasteiger partial charge is 0.494 e. The van der Waals surface area contributed by atoms with Crippen LogP contribution in [0.4, 0.5) is 39.8 Å². The van der Waals surface area contributed by atoms with Gasteiger partial charge in [-0.3, -0.25) is 52.3 Å². The summed E-state index contributed by atoms with van der Waals surface area (Å²) in [5, 5.41) is 19.0. The largest absolute Gasteiger partial charge is 0.494 e. The second-order valence-corrected chi connectivity index (χ2v) is 32.4. The van der Waals surface area contributed by atoms with Crippen LogP contribution >= 0.6 is 32.9 Å². The zero-order valence-corrected chi connectivity index (χ0v) is 77.1. The minimum absolute atomic E-state index is 0. The quantitative estimate of drug-likeness (QED) is 0.0371. The van der Waals surface area contributed by atoms with E-state index in [1.165, 1.54) is 64.7 Å². The number of likely N-dealkylation sites (tertiary alicyclic amines) is 2. The number of nitrogens with one attached hydrogen (secondary N) is 4. The van der Waals surface area contributed by atoms with Gasteiger partial charge in [0.25, 0.3) is 17.7 Å². The van der Waals surface area contributed by atoms with Crippen LogP contribution in [0.3, 0.4) is 0 Å². The monoisotopic (exact) mass is 2000 g/mol. The van der Waals surface area contributed by atoms with Crippen molar-refractivity contribution in [2.45, 2.75) is 145 Å². The Bertz CT molecular complexity index is 6530. The SMILES string of the molecule is Br.C.C.C.C.CC#CC(=O)O.COc1cccc(NC(=O)c2ccc(-c3nc([C@@H]4CCCN4)n4ccncc34)cc2)c1F.COc1cccc(NC(=O)c2ccc(-c3nc([C@@H]4CCCN4C(=O)OCc4ccccc4)n4ccncc34)cc2)c1F.COc1cccc(NC(=O)c2ccc(B3OC(C)(C)C(C)(C)O3)cc2)c1F.O=C(OCc1ccccc1)N1CCC[C@H]1c1nc(Br)c2cnccn12. The van der Waals surface area contributed by atoms with Crippen molar-refractivity contribution in [2.24, 2.45) is 0 Å². The van der Waals surface area contributed by atoms with Crippen molar-refractivity contribution in [3.8, 4) is 51.6 Å². The maximum Gasteiger partial charge on any atom is 0.494 e. The Morgan fingerprint density at radius 2 is 0.869 bits per heavy atom. The molecule has 0 bridgehead atoms. The number of hydrogen-bond donors (Lipinski definition) is 5. The average Bonchev–Trinajstić information content (AvgIpc) is 1.60. The fourth-order valence-corrected chi connectivity index (χ4v) is 15.8. The van der Waals surface area contributed by atoms with Gasteiger partial charge in [-0.05, 0) is 185 Å². The summed E-state index contributed by atoms with van der Waals surface area (Å²) < 4.78 is 87.8. The molecule has 716 valence electrons. The van der Waals surface area contributed by atoms with Crippen molar-refractivity contribution in [1.29, 1.82) is 0 Å². The average molecular weight is 2000 g/mol. The fraction of sp³-hybridized carbons (Fsp3) is 0.275. The molecule has 18 rings (SSSR count). The number of fused-ring (bicyclic) bond motifs is 3. The molecule has 4 aliphatic rings. The van der Waals surface area contributed by atoms with E-state index in [-0.39, 0.29) is 125 Å². The van der Waals surface area contributed by atoms with Gasteiger partial charge >= 0.3 is 25.3 Å². The van der Waals surface area contributed by atoms with E-state index in [9.17, 15) is 41.9 Å². The number of imidazole rings is 3. The summed E-state index contributed by atoms with van der Waals surface area (Å²) in [6.45, 7) is 12.1. The summed E-state index contributed by atoms with van der Waals surface area (Å²) in [5.41, 5.74) is 8.89. The molecule has 4 saturated heterocycles. The lowest BCUT2D eigenvalue weighted by atomic mass is 9.79. The molecule has 4 aliphatic heterocycles. The summed E-state index contributed by atoms with van der Waals surface area (Å²) in [5.74, 6) is 2.59. The van der Waals surface area contributed by atoms with Gasteiger partial charge in [0.05, 0.1) is 114 Å². The van der Waals surface area contributed by atoms with Crippen molar-refractivity contribution in [2.75, 3.05) is 56.9 Å². The van der Waals surface area contributed by atoms with Gasteiger partial charge in [-0.2, -0.15) is 0 Å². The van der Waals surface area contributed by atoms with Crippen LogP contribution in [0, 0.1) is 29.3 Å². The highest BCUT2D eigenvalue weighted by Crippen LogP contribution is 2.40. The van der Waals surface area contributed by atoms with Gasteiger partial charge in [-0.25, -0.2) is 42.5 Å². The van der Waals surface area contributed by atoms with Crippen molar-refractivity contribution in [3.05, 3.63) is 311 Å². The normalized spacial score (nSPS) is 15.0. The first kappa shape index (κ1) is 106. The number of benzene rings is 8. The number of nitrogens with zero attached hydrogens (tertiary/aromatic N) is 11. The van der Waals surface area contributed by atoms with Crippen LogP contribution in [0.5, 0.6) is 17.2 Å². The topological polar surface area (TPSA) is 332 Å². The van der Waals surface area contributed by atoms with Gasteiger partial charge in [-0.1, -0.05) is 151 Å². The Balaban J connectivity index is 0.000000201. The second-order valence-electron chi connectivity index (χ2n) is 31.7. The van der Waals surface area contributed by atoms with Crippen molar-refractivity contribution < 1.29 is 80.0 Å². The summed E-state index contributed by atoms with van der Waals surface area (Å²) in [6.07, 6.45) is 20.9. The lowest BCUT2D eigenvalue weighted by Gasteiger charge is -2.32. The van der Waals surface area contributed by atoms with E-state index < -0.39 is 59.5 Å². The number of carbonyl (C=O) groups excluding carboxylic acids is 5. The highest BCUT2D eigenvalue weighted by molar-refractivity contribution is 9.10. The molecular weight excluding hydrogens is 1890 g/mol. The molecule has 0 unspecified atom stereocenters. The van der Waals surface area contributed by atoms with Crippen LogP contribution in [0.2, 0.25) is 0 Å². The number of ether oxygens (including phenoxy) is 5. The number of carboxylic acid groups (broad SMARTS) is 1. The molecule has 3 atom stereocenters. The zero-order valence-electron chi connectivity index (χ0n) is 73.8. The number of aliphatic carboxylic acids is 1. The molecular formula is C102H111BBr2F3N15O14. The maximum absolute atomic E-state index is 14.5. The standard InChI is InChI=1S/C32H28FN5O4.C24H22FN5O2.C20H23BFNO4.C18H17BrN4O2.C4H4O2.4CH4.BrH/c1-41-27-11-5-9-24(28(27)33)35-31(39)23-14-12-22(13-15-23)29-26-19-34-16-18-37(26)30(36-29)25-10-6-17-38(25)32(40)42-20-21-7-3-2-4-8-21;1-32-20-6-2-4-17(21(20)25)28-24(31)16-9-7-15(8-10-16)22-19-14-26-12-13-30(19)23(29-22)18-5-3-11-27-18;1-19(2)20(3,4)27-21(26-19)14-11-9-13(10-12-14)18(24)23-15-7-6-8-16(25-5)17(15)22;19-16-15-11-20-8-10-22(15)17(21-16)14-7-4-9-23(14)18(24)25-12-13-5-2-1-3-6-13;1-2-3-4(5)6;;;;;/h2-5,7-9,11-16,18-19,25H,6,10,17,20H2,1H3,(H,35,39);2,4,6-10,12-14,18,27H,3,5,11H2,1H3,(H,28,31);6-12H,1-5H3,(H,23,24);1-3,5-6,8,10-11,14H,4,7,9,12H2;1H3,(H,5,6);4*1H4;1H/t25-;18-;;14-;;;;;;/m00.0....../s1. The van der Waals surface area contributed by atoms with Gasteiger partial charge < -0.3 is 59.4 Å². The third-order valence-electron chi connectivity index (χ3n) is 22.8. The minimum Gasteiger partial charge on any atom is -0.494 e. The van der Waals surface area contributed by atoms with E-state index in [1.54, 1.807) is 126 Å². The van der Waals surface area contributed by atoms with Crippen molar-refractivity contribution in [1.82, 2.24) is 58.2 Å². The van der Waals surface area contributed by atoms with Gasteiger partial charge in [0.15, 0.2) is 34.7 Å². The molecule has 8 aromatic carbocycles. The summed E-state index contributed by atoms with van der Waals surface area (Å²) in [4.78, 5) is 104. The number of aromatic nitrogens is 9. The number of rotatable bonds is 19. The van der Waals surface area contributed by atoms with Crippen LogP contribution in [0.15, 0.2) is 248 Å². The molecule has 137 heavy (non-hydrogen) atoms. The summed E-state index contributed by atoms with van der Waals surface area (Å²) in [6, 6.07) is 53.8. The molecule has 5 N–H and O–H groups in total. The third kappa shape index (κ3) is 25.1. The van der Waals surface area contributed by atoms with Crippen LogP contribution in [-0.2, 0) is 36.8 Å². The van der Waals surface area contributed by atoms with E-state index in [1.807, 2.05) is 134 Å². The number of halogens is 5. The molecule has 35 heteroatoms. The molecule has 4 fully saturated rings. The van der Waals surface area contributed by atoms with Gasteiger partial charge in [-0.15, -0.1) is 17.0 Å². The predicted molar refractivity (Wildman–Crippen MR) is 531 cm³/mol. The molecule has 10 heterocycles. The first-order valence-corrected chi connectivity index (χ1v) is 43.2. The second kappa shape index (κ2) is 48.7. The van der Waals surface area contributed by atoms with E-state index in [0.717, 1.165) is 111 Å². The third-order valence-corrected chi connectivity index (χ3v) is 23.4. The first-order chi connectivity index (χ1) is 63.8. The maximum atomic E-state index is 14.5. The lowest BCUT2D eigenvalue weighted by Crippen LogP contribution is -2.41. The number of carbonyl (C=O) groups is 6. The number of methoxy groups -OCH3 is 3. The Kier molecular flexibility index (Phi) is 37.9. The molecule has 0 saturated carbocycles. The highest BCUT2D eigenvalue weighted by Gasteiger charge is 2.52. The van der Waals surface area contributed by atoms with Crippen LogP contribution < -0.4 is 40.9 Å². The number of hydrogen-bond acceptors (Lipinski definition) is 20. The van der Waals surface area contributed by atoms with Gasteiger partial charge in [0.1, 0.15) is 35.3 Å². The van der Waals surface area contributed by atoms with Crippen LogP contribution in [0.1, 0.15) is 181 Å². The fourth-order valence-electron chi connectivity index (χ4n) is 15.3. The van der Waals surface area contributed by atoms with Crippen molar-refractivity contribution in [3.63, 3.8) is 0 Å². The summed E-state index contributed by atoms with van der Waals surface area (Å²) in [7, 11) is 3.62. The molecule has 0 aliphatic carbocycles. The van der Waals surface area contributed by atoms with Gasteiger partial charge in [0.2, 0.25) is 0 Å². The van der Waals surface area contributed by atoms with E-state index in [0.29, 0.717) is 41.3 Å². The van der Waals surface area contributed by atoms with E-state index in [2.05, 4.69) is 67.5 Å². The Hall–Kier alpha value is -14.3. The Morgan fingerprint density at radius 1 is 0.496 bits per heavy atom. The number of amides is 5. The van der Waals surface area contributed by atoms with Crippen LogP contribution in [-0.4, -0.2) is 153 Å². The minimum atomic E-state index is -1.07. The molecule has 5 amide bonds. The number of carboxylic acids is 1. The Labute approximate surface area is 813 Å². The highest BCUT2D eigenvalue weighted by atomic mass is 79.9. The molecule has 29 nitrogen and oxygen atoms in total. The van der Waals surface area contributed by atoms with Crippen molar-refractivity contribution >= 4 is 115 Å². The molecule has 0 radical (unpaired) electrons. The number of anilines is 3. The van der Waals surface area contributed by atoms with E-state index in [4.69, 9.17) is 48.1 Å². The zero-order chi connectivity index (χ0) is 93.2. The first-order valence-electron chi connectivity index (χ1n) is 42.4. The van der Waals surface area contributed by atoms with Gasteiger partial charge in [0, 0.05) is 84.0 Å². The predicted octanol–water partition coefficient (Wildman–Crippen LogP) is 21.1. The summed E-state index contributed by atoms with van der Waals surface area (Å²) >= 11 is 3.48. The van der Waals surface area contributed by atoms with Crippen LogP contribution in [0.25, 0.3) is 39.1 Å². The van der Waals surface area contributed by atoms with E-state index >= 15 is 0 Å². The molecule has 6 aromatic heterocycles. The molecule has 14 aromatic rings. The molecule has 0 spiro atoms.